The number of aryl methyl sites for hydroxylation is 1. The van der Waals surface area contributed by atoms with Crippen LogP contribution in [0.1, 0.15) is 42.0 Å². The Morgan fingerprint density at radius 1 is 0.972 bits per heavy atom. The Morgan fingerprint density at radius 2 is 1.69 bits per heavy atom. The molecule has 1 atom stereocenters. The van der Waals surface area contributed by atoms with Gasteiger partial charge in [0.05, 0.1) is 5.75 Å². The highest BCUT2D eigenvalue weighted by atomic mass is 35.5. The summed E-state index contributed by atoms with van der Waals surface area (Å²) in [5.74, 6) is 0.865. The number of thioether (sulfide) groups is 1. The molecule has 0 saturated carbocycles. The number of carbonyl (C=O) groups excluding carboxylic acids is 2. The van der Waals surface area contributed by atoms with Gasteiger partial charge in [-0.15, -0.1) is 11.8 Å². The van der Waals surface area contributed by atoms with Crippen LogP contribution in [0.15, 0.2) is 78.9 Å². The maximum atomic E-state index is 13.7. The second-order valence-electron chi connectivity index (χ2n) is 8.92. The molecule has 3 aromatic carbocycles. The van der Waals surface area contributed by atoms with Crippen LogP contribution in [0.3, 0.4) is 0 Å². The first kappa shape index (κ1) is 27.8. The Morgan fingerprint density at radius 3 is 2.42 bits per heavy atom. The summed E-state index contributed by atoms with van der Waals surface area (Å²) in [6.07, 6.45) is 2.34. The highest BCUT2D eigenvalue weighted by molar-refractivity contribution is 7.99. The molecule has 190 valence electrons. The van der Waals surface area contributed by atoms with Gasteiger partial charge < -0.3 is 10.2 Å². The molecule has 4 nitrogen and oxygen atoms in total. The fraction of sp³-hybridized carbons (Fsp3) is 0.333. The summed E-state index contributed by atoms with van der Waals surface area (Å²) in [7, 11) is 0. The lowest BCUT2D eigenvalue weighted by Gasteiger charge is -2.31. The van der Waals surface area contributed by atoms with E-state index < -0.39 is 6.04 Å². The Hall–Kier alpha value is -2.76. The molecule has 0 radical (unpaired) electrons. The van der Waals surface area contributed by atoms with Gasteiger partial charge in [-0.1, -0.05) is 91.7 Å². The predicted octanol–water partition coefficient (Wildman–Crippen LogP) is 6.44. The van der Waals surface area contributed by atoms with E-state index >= 15 is 0 Å². The number of nitrogens with zero attached hydrogens (tertiary/aromatic N) is 1. The van der Waals surface area contributed by atoms with Crippen molar-refractivity contribution < 1.29 is 9.59 Å². The number of unbranched alkanes of at least 4 members (excludes halogenated alkanes) is 1. The monoisotopic (exact) mass is 522 g/mol. The van der Waals surface area contributed by atoms with E-state index in [0.717, 1.165) is 29.7 Å². The van der Waals surface area contributed by atoms with E-state index in [9.17, 15) is 9.59 Å². The van der Waals surface area contributed by atoms with E-state index in [-0.39, 0.29) is 11.8 Å². The number of nitrogens with one attached hydrogen (secondary N) is 1. The number of benzene rings is 3. The third kappa shape index (κ3) is 8.72. The zero-order chi connectivity index (χ0) is 25.8. The first-order chi connectivity index (χ1) is 17.5. The molecule has 0 aliphatic rings. The lowest BCUT2D eigenvalue weighted by atomic mass is 10.0. The third-order valence-electron chi connectivity index (χ3n) is 6.09. The topological polar surface area (TPSA) is 49.4 Å². The molecule has 0 bridgehead atoms. The van der Waals surface area contributed by atoms with Crippen LogP contribution < -0.4 is 5.32 Å². The third-order valence-corrected chi connectivity index (χ3v) is 7.29. The molecule has 6 heteroatoms. The van der Waals surface area contributed by atoms with Gasteiger partial charge in [-0.3, -0.25) is 9.59 Å². The van der Waals surface area contributed by atoms with Gasteiger partial charge in [0.25, 0.3) is 0 Å². The van der Waals surface area contributed by atoms with Crippen LogP contribution in [0.4, 0.5) is 0 Å². The Balaban J connectivity index is 1.84. The van der Waals surface area contributed by atoms with E-state index in [1.54, 1.807) is 16.7 Å². The zero-order valence-electron chi connectivity index (χ0n) is 21.1. The Kier molecular flexibility index (Phi) is 11.4. The van der Waals surface area contributed by atoms with Gasteiger partial charge in [0, 0.05) is 30.3 Å². The number of carbonyl (C=O) groups is 2. The first-order valence-corrected chi connectivity index (χ1v) is 14.0. The van der Waals surface area contributed by atoms with Crippen molar-refractivity contribution in [3.63, 3.8) is 0 Å². The van der Waals surface area contributed by atoms with E-state index in [2.05, 4.69) is 31.3 Å². The zero-order valence-corrected chi connectivity index (χ0v) is 22.7. The number of halogens is 1. The Bertz CT molecular complexity index is 1120. The molecule has 0 aromatic heterocycles. The molecule has 0 fully saturated rings. The second kappa shape index (κ2) is 14.7. The van der Waals surface area contributed by atoms with Gasteiger partial charge in [-0.2, -0.15) is 0 Å². The van der Waals surface area contributed by atoms with Gasteiger partial charge in [-0.05, 0) is 47.7 Å². The number of hydrogen-bond donors (Lipinski definition) is 1. The summed E-state index contributed by atoms with van der Waals surface area (Å²) in [4.78, 5) is 28.8. The fourth-order valence-electron chi connectivity index (χ4n) is 4.00. The van der Waals surface area contributed by atoms with Crippen LogP contribution in [0, 0.1) is 6.92 Å². The van der Waals surface area contributed by atoms with Gasteiger partial charge in [0.2, 0.25) is 11.8 Å². The van der Waals surface area contributed by atoms with Crippen LogP contribution in [0.2, 0.25) is 5.02 Å². The molecular weight excluding hydrogens is 488 g/mol. The minimum absolute atomic E-state index is 0.0554. The van der Waals surface area contributed by atoms with Crippen molar-refractivity contribution in [3.05, 3.63) is 106 Å². The van der Waals surface area contributed by atoms with Crippen molar-refractivity contribution in [1.29, 1.82) is 0 Å². The van der Waals surface area contributed by atoms with Crippen LogP contribution in [0.5, 0.6) is 0 Å². The van der Waals surface area contributed by atoms with Crippen molar-refractivity contribution in [2.75, 3.05) is 12.3 Å². The fourth-order valence-corrected chi connectivity index (χ4v) is 5.19. The molecule has 0 aliphatic heterocycles. The molecule has 36 heavy (non-hydrogen) atoms. The summed E-state index contributed by atoms with van der Waals surface area (Å²) >= 11 is 7.82. The van der Waals surface area contributed by atoms with Gasteiger partial charge >= 0.3 is 0 Å². The second-order valence-corrected chi connectivity index (χ2v) is 10.3. The molecule has 0 saturated heterocycles. The molecular formula is C30H35ClN2O2S. The number of hydrogen-bond acceptors (Lipinski definition) is 3. The van der Waals surface area contributed by atoms with Gasteiger partial charge in [0.1, 0.15) is 6.04 Å². The van der Waals surface area contributed by atoms with Crippen molar-refractivity contribution in [2.45, 2.75) is 51.4 Å². The van der Waals surface area contributed by atoms with E-state index in [4.69, 9.17) is 11.6 Å². The summed E-state index contributed by atoms with van der Waals surface area (Å²) in [5, 5.41) is 3.67. The van der Waals surface area contributed by atoms with Crippen molar-refractivity contribution in [2.24, 2.45) is 0 Å². The first-order valence-electron chi connectivity index (χ1n) is 12.5. The quantitative estimate of drug-likeness (QED) is 0.263. The summed E-state index contributed by atoms with van der Waals surface area (Å²) in [5.41, 5.74) is 4.35. The minimum Gasteiger partial charge on any atom is -0.354 e. The lowest BCUT2D eigenvalue weighted by Crippen LogP contribution is -2.51. The summed E-state index contributed by atoms with van der Waals surface area (Å²) < 4.78 is 0. The number of rotatable bonds is 13. The standard InChI is InChI=1S/C30H35ClN2O2S/c1-3-4-17-32-30(35)28(19-24-12-6-5-7-13-24)33(20-25-14-10-16-27(31)18-25)29(34)22-36-21-26-15-9-8-11-23(26)2/h5-16,18,28H,3-4,17,19-22H2,1-2H3,(H,32,35)/t28-/m1/s1. The maximum absolute atomic E-state index is 13.7. The highest BCUT2D eigenvalue weighted by Gasteiger charge is 2.30. The summed E-state index contributed by atoms with van der Waals surface area (Å²) in [6.45, 7) is 5.10. The smallest absolute Gasteiger partial charge is 0.243 e. The van der Waals surface area contributed by atoms with E-state index in [1.165, 1.54) is 11.1 Å². The Labute approximate surface area is 224 Å². The van der Waals surface area contributed by atoms with Crippen LogP contribution in [0.25, 0.3) is 0 Å². The molecule has 0 heterocycles. The van der Waals surface area contributed by atoms with E-state index in [1.807, 2.05) is 66.7 Å². The highest BCUT2D eigenvalue weighted by Crippen LogP contribution is 2.21. The minimum atomic E-state index is -0.616. The normalized spacial score (nSPS) is 11.6. The predicted molar refractivity (Wildman–Crippen MR) is 151 cm³/mol. The molecule has 3 aromatic rings. The molecule has 2 amide bonds. The average Bonchev–Trinajstić information content (AvgIpc) is 2.88. The van der Waals surface area contributed by atoms with Crippen LogP contribution in [-0.2, 0) is 28.3 Å². The summed E-state index contributed by atoms with van der Waals surface area (Å²) in [6, 6.07) is 25.0. The van der Waals surface area contributed by atoms with Crippen LogP contribution in [-0.4, -0.2) is 35.1 Å². The maximum Gasteiger partial charge on any atom is 0.243 e. The molecule has 3 rings (SSSR count). The van der Waals surface area contributed by atoms with Crippen LogP contribution >= 0.6 is 23.4 Å². The SMILES string of the molecule is CCCCNC(=O)[C@@H](Cc1ccccc1)N(Cc1cccc(Cl)c1)C(=O)CSCc1ccccc1C. The van der Waals surface area contributed by atoms with Gasteiger partial charge in [0.15, 0.2) is 0 Å². The molecule has 0 spiro atoms. The van der Waals surface area contributed by atoms with Crippen molar-refractivity contribution in [3.8, 4) is 0 Å². The van der Waals surface area contributed by atoms with Crippen molar-refractivity contribution in [1.82, 2.24) is 10.2 Å². The lowest BCUT2D eigenvalue weighted by molar-refractivity contribution is -0.139. The molecule has 0 aliphatic carbocycles. The largest absolute Gasteiger partial charge is 0.354 e. The number of amides is 2. The molecule has 1 N–H and O–H groups in total. The van der Waals surface area contributed by atoms with Crippen molar-refractivity contribution >= 4 is 35.2 Å². The average molecular weight is 523 g/mol. The van der Waals surface area contributed by atoms with E-state index in [0.29, 0.717) is 30.3 Å². The van der Waals surface area contributed by atoms with Gasteiger partial charge in [-0.25, -0.2) is 0 Å². The molecule has 0 unspecified atom stereocenters.